The van der Waals surface area contributed by atoms with E-state index >= 15 is 0 Å². The Morgan fingerprint density at radius 2 is 2.00 bits per heavy atom. The molecule has 0 fully saturated rings. The zero-order valence-corrected chi connectivity index (χ0v) is 12.1. The fourth-order valence-corrected chi connectivity index (χ4v) is 2.38. The van der Waals surface area contributed by atoms with Crippen molar-refractivity contribution in [3.05, 3.63) is 53.0 Å². The molecule has 0 bridgehead atoms. The van der Waals surface area contributed by atoms with E-state index in [4.69, 9.17) is 4.42 Å². The second-order valence-electron chi connectivity index (χ2n) is 5.37. The monoisotopic (exact) mass is 275 g/mol. The van der Waals surface area contributed by atoms with Crippen LogP contribution in [-0.4, -0.2) is 16.8 Å². The minimum Gasteiger partial charge on any atom is -0.508 e. The van der Waals surface area contributed by atoms with Crippen molar-refractivity contribution >= 4 is 0 Å². The van der Waals surface area contributed by atoms with Gasteiger partial charge in [0, 0.05) is 18.7 Å². The van der Waals surface area contributed by atoms with Crippen molar-refractivity contribution in [3.8, 4) is 5.75 Å². The molecule has 0 aliphatic carbocycles. The van der Waals surface area contributed by atoms with E-state index in [0.717, 1.165) is 22.6 Å². The smallest absolute Gasteiger partial charge is 0.115 e. The van der Waals surface area contributed by atoms with Crippen LogP contribution in [-0.2, 0) is 12.1 Å². The van der Waals surface area contributed by atoms with Crippen LogP contribution in [0.25, 0.3) is 0 Å². The van der Waals surface area contributed by atoms with Crippen molar-refractivity contribution in [1.29, 1.82) is 0 Å². The second kappa shape index (κ2) is 5.69. The first kappa shape index (κ1) is 14.6. The van der Waals surface area contributed by atoms with E-state index in [2.05, 4.69) is 5.32 Å². The normalized spacial score (nSPS) is 14.2. The Morgan fingerprint density at radius 1 is 1.25 bits per heavy atom. The number of benzene rings is 1. The lowest BCUT2D eigenvalue weighted by Gasteiger charge is -2.23. The zero-order chi connectivity index (χ0) is 14.8. The molecule has 4 heteroatoms. The highest BCUT2D eigenvalue weighted by Gasteiger charge is 2.27. The number of rotatable bonds is 5. The highest BCUT2D eigenvalue weighted by Crippen LogP contribution is 2.26. The number of furan rings is 1. The Labute approximate surface area is 119 Å². The summed E-state index contributed by atoms with van der Waals surface area (Å²) in [5.74, 6) is 1.79. The molecule has 108 valence electrons. The van der Waals surface area contributed by atoms with Gasteiger partial charge in [-0.25, -0.2) is 0 Å². The second-order valence-corrected chi connectivity index (χ2v) is 5.37. The number of phenolic OH excluding ortho intramolecular Hbond substituents is 1. The minimum atomic E-state index is -0.987. The van der Waals surface area contributed by atoms with E-state index in [9.17, 15) is 10.2 Å². The zero-order valence-electron chi connectivity index (χ0n) is 12.1. The molecule has 3 N–H and O–H groups in total. The van der Waals surface area contributed by atoms with Crippen LogP contribution in [0.3, 0.4) is 0 Å². The van der Waals surface area contributed by atoms with E-state index in [-0.39, 0.29) is 5.75 Å². The van der Waals surface area contributed by atoms with Gasteiger partial charge in [-0.3, -0.25) is 0 Å². The summed E-state index contributed by atoms with van der Waals surface area (Å²) >= 11 is 0. The topological polar surface area (TPSA) is 65.6 Å². The number of phenols is 1. The van der Waals surface area contributed by atoms with Crippen molar-refractivity contribution < 1.29 is 14.6 Å². The first-order chi connectivity index (χ1) is 9.38. The number of hydrogen-bond donors (Lipinski definition) is 3. The molecule has 0 saturated heterocycles. The van der Waals surface area contributed by atoms with Gasteiger partial charge in [0.05, 0.1) is 0 Å². The summed E-state index contributed by atoms with van der Waals surface area (Å²) in [6.45, 7) is 6.47. The Balaban J connectivity index is 1.97. The molecule has 0 saturated carbocycles. The third-order valence-corrected chi connectivity index (χ3v) is 3.33. The SMILES string of the molecule is Cc1cc(C(C)(O)CNCc2cccc(O)c2)c(C)o1. The molecule has 0 aliphatic heterocycles. The van der Waals surface area contributed by atoms with Crippen LogP contribution in [0.5, 0.6) is 5.75 Å². The van der Waals surface area contributed by atoms with Gasteiger partial charge in [-0.05, 0) is 44.5 Å². The quantitative estimate of drug-likeness (QED) is 0.784. The molecule has 0 radical (unpaired) electrons. The average Bonchev–Trinajstić information content (AvgIpc) is 2.69. The van der Waals surface area contributed by atoms with E-state index in [1.54, 1.807) is 25.1 Å². The molecule has 2 rings (SSSR count). The predicted octanol–water partition coefficient (Wildman–Crippen LogP) is 2.60. The molecular formula is C16H21NO3. The van der Waals surface area contributed by atoms with E-state index in [1.165, 1.54) is 0 Å². The van der Waals surface area contributed by atoms with Crippen LogP contribution >= 0.6 is 0 Å². The molecule has 0 amide bonds. The molecule has 2 aromatic rings. The fraction of sp³-hybridized carbons (Fsp3) is 0.375. The van der Waals surface area contributed by atoms with Gasteiger partial charge < -0.3 is 19.9 Å². The van der Waals surface area contributed by atoms with Gasteiger partial charge in [0.1, 0.15) is 22.9 Å². The number of nitrogens with one attached hydrogen (secondary N) is 1. The van der Waals surface area contributed by atoms with E-state index < -0.39 is 5.60 Å². The molecule has 4 nitrogen and oxygen atoms in total. The molecule has 1 atom stereocenters. The van der Waals surface area contributed by atoms with Crippen LogP contribution in [0, 0.1) is 13.8 Å². The van der Waals surface area contributed by atoms with Gasteiger partial charge >= 0.3 is 0 Å². The molecule has 1 aromatic carbocycles. The molecule has 1 aromatic heterocycles. The summed E-state index contributed by atoms with van der Waals surface area (Å²) in [4.78, 5) is 0. The maximum absolute atomic E-state index is 10.5. The maximum Gasteiger partial charge on any atom is 0.115 e. The van der Waals surface area contributed by atoms with Gasteiger partial charge in [0.15, 0.2) is 0 Å². The summed E-state index contributed by atoms with van der Waals surface area (Å²) in [5, 5.41) is 23.1. The predicted molar refractivity (Wildman–Crippen MR) is 77.6 cm³/mol. The molecule has 20 heavy (non-hydrogen) atoms. The van der Waals surface area contributed by atoms with Crippen LogP contribution < -0.4 is 5.32 Å². The van der Waals surface area contributed by atoms with Crippen molar-refractivity contribution in [2.24, 2.45) is 0 Å². The van der Waals surface area contributed by atoms with E-state index in [1.807, 2.05) is 26.0 Å². The summed E-state index contributed by atoms with van der Waals surface area (Å²) < 4.78 is 5.46. The molecule has 1 heterocycles. The number of aromatic hydroxyl groups is 1. The fourth-order valence-electron chi connectivity index (χ4n) is 2.38. The van der Waals surface area contributed by atoms with Crippen LogP contribution in [0.2, 0.25) is 0 Å². The lowest BCUT2D eigenvalue weighted by atomic mass is 9.96. The molecule has 0 aliphatic rings. The lowest BCUT2D eigenvalue weighted by molar-refractivity contribution is 0.0552. The van der Waals surface area contributed by atoms with Crippen LogP contribution in [0.1, 0.15) is 29.6 Å². The molecule has 1 unspecified atom stereocenters. The first-order valence-corrected chi connectivity index (χ1v) is 6.67. The summed E-state index contributed by atoms with van der Waals surface area (Å²) in [7, 11) is 0. The Bertz CT molecular complexity index is 587. The van der Waals surface area contributed by atoms with Crippen molar-refractivity contribution in [1.82, 2.24) is 5.32 Å². The first-order valence-electron chi connectivity index (χ1n) is 6.67. The van der Waals surface area contributed by atoms with Gasteiger partial charge in [0.25, 0.3) is 0 Å². The summed E-state index contributed by atoms with van der Waals surface area (Å²) in [6.07, 6.45) is 0. The average molecular weight is 275 g/mol. The Kier molecular flexibility index (Phi) is 4.16. The highest BCUT2D eigenvalue weighted by atomic mass is 16.3. The summed E-state index contributed by atoms with van der Waals surface area (Å²) in [5.41, 5.74) is 0.790. The van der Waals surface area contributed by atoms with E-state index in [0.29, 0.717) is 13.1 Å². The van der Waals surface area contributed by atoms with Crippen LogP contribution in [0.4, 0.5) is 0 Å². The Hall–Kier alpha value is -1.78. The van der Waals surface area contributed by atoms with Gasteiger partial charge in [0.2, 0.25) is 0 Å². The van der Waals surface area contributed by atoms with Crippen molar-refractivity contribution in [3.63, 3.8) is 0 Å². The number of aliphatic hydroxyl groups is 1. The largest absolute Gasteiger partial charge is 0.508 e. The van der Waals surface area contributed by atoms with Crippen molar-refractivity contribution in [2.45, 2.75) is 32.9 Å². The minimum absolute atomic E-state index is 0.248. The molecular weight excluding hydrogens is 254 g/mol. The van der Waals surface area contributed by atoms with Gasteiger partial charge in [-0.1, -0.05) is 12.1 Å². The number of hydrogen-bond acceptors (Lipinski definition) is 4. The van der Waals surface area contributed by atoms with Gasteiger partial charge in [-0.2, -0.15) is 0 Å². The van der Waals surface area contributed by atoms with Crippen LogP contribution in [0.15, 0.2) is 34.7 Å². The standard InChI is InChI=1S/C16H21NO3/c1-11-7-15(12(2)20-11)16(3,19)10-17-9-13-5-4-6-14(18)8-13/h4-8,17-19H,9-10H2,1-3H3. The number of aryl methyl sites for hydroxylation is 2. The summed E-state index contributed by atoms with van der Waals surface area (Å²) in [6, 6.07) is 8.93. The maximum atomic E-state index is 10.5. The highest BCUT2D eigenvalue weighted by molar-refractivity contribution is 5.28. The van der Waals surface area contributed by atoms with Crippen molar-refractivity contribution in [2.75, 3.05) is 6.54 Å². The molecule has 0 spiro atoms. The van der Waals surface area contributed by atoms with Gasteiger partial charge in [-0.15, -0.1) is 0 Å². The Morgan fingerprint density at radius 3 is 2.60 bits per heavy atom. The lowest BCUT2D eigenvalue weighted by Crippen LogP contribution is -2.35. The third kappa shape index (κ3) is 3.40. The third-order valence-electron chi connectivity index (χ3n) is 3.33.